The average Bonchev–Trinajstić information content (AvgIpc) is 2.38. The van der Waals surface area contributed by atoms with E-state index >= 15 is 0 Å². The Morgan fingerprint density at radius 2 is 1.61 bits per heavy atom. The molecule has 0 atom stereocenters. The molecule has 0 aliphatic carbocycles. The largest absolute Gasteiger partial charge is 0.295 e. The van der Waals surface area contributed by atoms with Gasteiger partial charge in [0.15, 0.2) is 5.78 Å². The summed E-state index contributed by atoms with van der Waals surface area (Å²) in [5.41, 5.74) is 3.38. The van der Waals surface area contributed by atoms with Crippen molar-refractivity contribution in [1.82, 2.24) is 0 Å². The molecule has 0 bridgehead atoms. The van der Waals surface area contributed by atoms with Crippen LogP contribution in [0.3, 0.4) is 0 Å². The zero-order valence-corrected chi connectivity index (χ0v) is 11.5. The van der Waals surface area contributed by atoms with Crippen LogP contribution in [0.5, 0.6) is 0 Å². The normalized spacial score (nSPS) is 10.3. The third-order valence-corrected chi connectivity index (χ3v) is 3.87. The highest BCUT2D eigenvalue weighted by Gasteiger charge is 2.00. The van der Waals surface area contributed by atoms with Gasteiger partial charge in [0.1, 0.15) is 0 Å². The predicted octanol–water partition coefficient (Wildman–Crippen LogP) is 4.49. The number of hydrogen-bond acceptors (Lipinski definition) is 2. The minimum Gasteiger partial charge on any atom is -0.295 e. The molecule has 2 heteroatoms. The molecule has 18 heavy (non-hydrogen) atoms. The van der Waals surface area contributed by atoms with Crippen LogP contribution < -0.4 is 0 Å². The minimum atomic E-state index is 0.116. The molecule has 2 rings (SSSR count). The third kappa shape index (κ3) is 3.47. The fraction of sp³-hybridized carbons (Fsp3) is 0.188. The Balaban J connectivity index is 1.97. The number of aryl methyl sites for hydroxylation is 1. The number of rotatable bonds is 4. The molecule has 0 heterocycles. The van der Waals surface area contributed by atoms with Crippen LogP contribution in [-0.4, -0.2) is 5.78 Å². The van der Waals surface area contributed by atoms with Crippen LogP contribution in [-0.2, 0) is 5.75 Å². The van der Waals surface area contributed by atoms with Crippen LogP contribution in [0.25, 0.3) is 0 Å². The predicted molar refractivity (Wildman–Crippen MR) is 77.2 cm³/mol. The van der Waals surface area contributed by atoms with Crippen molar-refractivity contribution < 1.29 is 4.79 Å². The standard InChI is InChI=1S/C16H16OS/c1-12-3-5-14(6-4-12)11-18-16-9-7-15(8-10-16)13(2)17/h3-10H,11H2,1-2H3. The average molecular weight is 256 g/mol. The lowest BCUT2D eigenvalue weighted by molar-refractivity contribution is 0.101. The number of Topliss-reactive ketones (excluding diaryl/α,β-unsaturated/α-hetero) is 1. The van der Waals surface area contributed by atoms with E-state index < -0.39 is 0 Å². The monoisotopic (exact) mass is 256 g/mol. The molecule has 0 saturated heterocycles. The number of benzene rings is 2. The van der Waals surface area contributed by atoms with Crippen molar-refractivity contribution in [3.8, 4) is 0 Å². The van der Waals surface area contributed by atoms with Gasteiger partial charge < -0.3 is 0 Å². The molecule has 0 unspecified atom stereocenters. The summed E-state index contributed by atoms with van der Waals surface area (Å²) in [4.78, 5) is 12.4. The van der Waals surface area contributed by atoms with Gasteiger partial charge in [-0.15, -0.1) is 11.8 Å². The van der Waals surface area contributed by atoms with Gasteiger partial charge in [-0.2, -0.15) is 0 Å². The lowest BCUT2D eigenvalue weighted by Gasteiger charge is -2.03. The molecule has 0 amide bonds. The van der Waals surface area contributed by atoms with Gasteiger partial charge in [0, 0.05) is 16.2 Å². The minimum absolute atomic E-state index is 0.116. The number of ketones is 1. The Hall–Kier alpha value is -1.54. The van der Waals surface area contributed by atoms with Gasteiger partial charge in [-0.1, -0.05) is 42.0 Å². The summed E-state index contributed by atoms with van der Waals surface area (Å²) in [6, 6.07) is 16.4. The van der Waals surface area contributed by atoms with Gasteiger partial charge >= 0.3 is 0 Å². The van der Waals surface area contributed by atoms with E-state index in [1.54, 1.807) is 18.7 Å². The molecule has 1 nitrogen and oxygen atoms in total. The van der Waals surface area contributed by atoms with Crippen LogP contribution in [0, 0.1) is 6.92 Å². The molecule has 0 spiro atoms. The number of thioether (sulfide) groups is 1. The molecule has 92 valence electrons. The Morgan fingerprint density at radius 1 is 1.00 bits per heavy atom. The molecule has 0 radical (unpaired) electrons. The Labute approximate surface area is 112 Å². The molecule has 0 aliphatic rings. The summed E-state index contributed by atoms with van der Waals surface area (Å²) in [6.45, 7) is 3.69. The van der Waals surface area contributed by atoms with Crippen molar-refractivity contribution in [3.05, 3.63) is 65.2 Å². The molecular formula is C16H16OS. The Morgan fingerprint density at radius 3 is 2.17 bits per heavy atom. The van der Waals surface area contributed by atoms with Gasteiger partial charge in [0.2, 0.25) is 0 Å². The second-order valence-electron chi connectivity index (χ2n) is 4.35. The summed E-state index contributed by atoms with van der Waals surface area (Å²) >= 11 is 1.79. The summed E-state index contributed by atoms with van der Waals surface area (Å²) in [5, 5.41) is 0. The lowest BCUT2D eigenvalue weighted by atomic mass is 10.2. The van der Waals surface area contributed by atoms with Crippen molar-refractivity contribution in [1.29, 1.82) is 0 Å². The van der Waals surface area contributed by atoms with Gasteiger partial charge in [-0.3, -0.25) is 4.79 Å². The van der Waals surface area contributed by atoms with E-state index in [2.05, 4.69) is 31.2 Å². The molecule has 0 aromatic heterocycles. The van der Waals surface area contributed by atoms with Gasteiger partial charge in [0.05, 0.1) is 0 Å². The highest BCUT2D eigenvalue weighted by Crippen LogP contribution is 2.23. The van der Waals surface area contributed by atoms with Crippen LogP contribution in [0.2, 0.25) is 0 Å². The zero-order valence-electron chi connectivity index (χ0n) is 10.6. The molecule has 0 N–H and O–H groups in total. The van der Waals surface area contributed by atoms with Crippen molar-refractivity contribution >= 4 is 17.5 Å². The van der Waals surface area contributed by atoms with Crippen LogP contribution in [0.4, 0.5) is 0 Å². The molecule has 0 fully saturated rings. The summed E-state index contributed by atoms with van der Waals surface area (Å²) < 4.78 is 0. The summed E-state index contributed by atoms with van der Waals surface area (Å²) in [7, 11) is 0. The van der Waals surface area contributed by atoms with Gasteiger partial charge in [-0.25, -0.2) is 0 Å². The quantitative estimate of drug-likeness (QED) is 0.592. The number of hydrogen-bond donors (Lipinski definition) is 0. The van der Waals surface area contributed by atoms with Crippen molar-refractivity contribution in [2.24, 2.45) is 0 Å². The van der Waals surface area contributed by atoms with Crippen molar-refractivity contribution in [3.63, 3.8) is 0 Å². The van der Waals surface area contributed by atoms with E-state index in [0.717, 1.165) is 11.3 Å². The van der Waals surface area contributed by atoms with Crippen molar-refractivity contribution in [2.75, 3.05) is 0 Å². The van der Waals surface area contributed by atoms with Crippen LogP contribution in [0.1, 0.15) is 28.4 Å². The van der Waals surface area contributed by atoms with Crippen LogP contribution >= 0.6 is 11.8 Å². The van der Waals surface area contributed by atoms with E-state index in [9.17, 15) is 4.79 Å². The first-order valence-corrected chi connectivity index (χ1v) is 6.93. The number of carbonyl (C=O) groups is 1. The van der Waals surface area contributed by atoms with E-state index in [1.807, 2.05) is 24.3 Å². The van der Waals surface area contributed by atoms with Crippen LogP contribution in [0.15, 0.2) is 53.4 Å². The molecule has 2 aromatic carbocycles. The Bertz CT molecular complexity index is 526. The number of carbonyl (C=O) groups excluding carboxylic acids is 1. The van der Waals surface area contributed by atoms with E-state index in [-0.39, 0.29) is 5.78 Å². The SMILES string of the molecule is CC(=O)c1ccc(SCc2ccc(C)cc2)cc1. The maximum atomic E-state index is 11.2. The first-order chi connectivity index (χ1) is 8.65. The summed E-state index contributed by atoms with van der Waals surface area (Å²) in [5.74, 6) is 1.07. The molecule has 2 aromatic rings. The molecular weight excluding hydrogens is 240 g/mol. The topological polar surface area (TPSA) is 17.1 Å². The fourth-order valence-electron chi connectivity index (χ4n) is 1.64. The van der Waals surface area contributed by atoms with E-state index in [0.29, 0.717) is 0 Å². The highest BCUT2D eigenvalue weighted by molar-refractivity contribution is 7.98. The maximum absolute atomic E-state index is 11.2. The maximum Gasteiger partial charge on any atom is 0.159 e. The van der Waals surface area contributed by atoms with E-state index in [4.69, 9.17) is 0 Å². The first-order valence-electron chi connectivity index (χ1n) is 5.94. The molecule has 0 saturated carbocycles. The summed E-state index contributed by atoms with van der Waals surface area (Å²) in [6.07, 6.45) is 0. The second kappa shape index (κ2) is 5.87. The first kappa shape index (κ1) is 12.9. The van der Waals surface area contributed by atoms with Crippen molar-refractivity contribution in [2.45, 2.75) is 24.5 Å². The lowest BCUT2D eigenvalue weighted by Crippen LogP contribution is -1.90. The molecule has 0 aliphatic heterocycles. The highest BCUT2D eigenvalue weighted by atomic mass is 32.2. The van der Waals surface area contributed by atoms with Gasteiger partial charge in [0.25, 0.3) is 0 Å². The Kier molecular flexibility index (Phi) is 4.21. The third-order valence-electron chi connectivity index (χ3n) is 2.79. The van der Waals surface area contributed by atoms with E-state index in [1.165, 1.54) is 16.0 Å². The second-order valence-corrected chi connectivity index (χ2v) is 5.40. The smallest absolute Gasteiger partial charge is 0.159 e. The fourth-order valence-corrected chi connectivity index (χ4v) is 2.49. The zero-order chi connectivity index (χ0) is 13.0. The van der Waals surface area contributed by atoms with Gasteiger partial charge in [-0.05, 0) is 31.5 Å².